The van der Waals surface area contributed by atoms with E-state index in [1.54, 1.807) is 19.9 Å². The van der Waals surface area contributed by atoms with Crippen molar-refractivity contribution < 1.29 is 14.3 Å². The number of carbonyl (C=O) groups excluding carboxylic acids is 1. The Morgan fingerprint density at radius 1 is 1.53 bits per heavy atom. The lowest BCUT2D eigenvalue weighted by molar-refractivity contribution is 0.0517. The molecule has 0 heterocycles. The van der Waals surface area contributed by atoms with Crippen LogP contribution in [0.15, 0.2) is 18.2 Å². The van der Waals surface area contributed by atoms with Crippen molar-refractivity contribution in [2.24, 2.45) is 0 Å². The maximum Gasteiger partial charge on any atom is 0.254 e. The maximum atomic E-state index is 13.5. The number of hydrogen-bond donors (Lipinski definition) is 2. The Morgan fingerprint density at radius 2 is 2.18 bits per heavy atom. The lowest BCUT2D eigenvalue weighted by atomic mass is 10.0. The molecule has 0 unspecified atom stereocenters. The molecule has 94 valence electrons. The molecule has 0 saturated carbocycles. The zero-order valence-corrected chi connectivity index (χ0v) is 10.4. The Balaban J connectivity index is 2.71. The van der Waals surface area contributed by atoms with Crippen LogP contribution in [0.2, 0.25) is 0 Å². The molecule has 0 saturated heterocycles. The molecule has 1 aromatic rings. The third kappa shape index (κ3) is 3.82. The second-order valence-electron chi connectivity index (χ2n) is 4.52. The lowest BCUT2D eigenvalue weighted by Gasteiger charge is -2.21. The fraction of sp³-hybridized carbons (Fsp3) is 0.462. The molecular formula is C13H18FNO2. The minimum absolute atomic E-state index is 0.00232. The number of nitrogens with one attached hydrogen (secondary N) is 1. The fourth-order valence-electron chi connectivity index (χ4n) is 1.30. The first-order valence-corrected chi connectivity index (χ1v) is 5.62. The number of aliphatic hydroxyl groups is 1. The van der Waals surface area contributed by atoms with Gasteiger partial charge < -0.3 is 10.4 Å². The van der Waals surface area contributed by atoms with Gasteiger partial charge in [0.25, 0.3) is 5.91 Å². The molecule has 3 nitrogen and oxygen atoms in total. The van der Waals surface area contributed by atoms with Crippen molar-refractivity contribution in [3.8, 4) is 0 Å². The minimum Gasteiger partial charge on any atom is -0.388 e. The summed E-state index contributed by atoms with van der Waals surface area (Å²) in [7, 11) is 0. The Hall–Kier alpha value is -1.42. The number of rotatable bonds is 4. The normalized spacial score (nSPS) is 14.2. The summed E-state index contributed by atoms with van der Waals surface area (Å²) < 4.78 is 13.5. The molecule has 17 heavy (non-hydrogen) atoms. The molecule has 0 aliphatic carbocycles. The molecule has 1 rings (SSSR count). The van der Waals surface area contributed by atoms with Crippen molar-refractivity contribution in [2.75, 3.05) is 6.54 Å². The summed E-state index contributed by atoms with van der Waals surface area (Å²) in [5, 5.41) is 12.2. The maximum absolute atomic E-state index is 13.5. The molecule has 2 N–H and O–H groups in total. The highest BCUT2D eigenvalue weighted by Gasteiger charge is 2.19. The van der Waals surface area contributed by atoms with Gasteiger partial charge in [-0.1, -0.05) is 13.0 Å². The first-order chi connectivity index (χ1) is 7.85. The largest absolute Gasteiger partial charge is 0.388 e. The van der Waals surface area contributed by atoms with Crippen molar-refractivity contribution in [2.45, 2.75) is 32.8 Å². The molecule has 0 radical (unpaired) electrons. The van der Waals surface area contributed by atoms with E-state index < -0.39 is 17.3 Å². The van der Waals surface area contributed by atoms with Crippen LogP contribution in [-0.2, 0) is 0 Å². The minimum atomic E-state index is -0.961. The van der Waals surface area contributed by atoms with Crippen LogP contribution in [0.25, 0.3) is 0 Å². The fourth-order valence-corrected chi connectivity index (χ4v) is 1.30. The van der Waals surface area contributed by atoms with E-state index in [0.717, 1.165) is 5.56 Å². The first kappa shape index (κ1) is 13.6. The standard InChI is InChI=1S/C13H18FNO2/c1-4-13(3,17)8-15-12(16)10-6-5-9(2)7-11(10)14/h5-7,17H,4,8H2,1-3H3,(H,15,16)/t13-/m1/s1. The second kappa shape index (κ2) is 5.27. The van der Waals surface area contributed by atoms with Crippen LogP contribution < -0.4 is 5.32 Å². The van der Waals surface area contributed by atoms with E-state index in [1.165, 1.54) is 12.1 Å². The number of amides is 1. The van der Waals surface area contributed by atoms with Crippen molar-refractivity contribution in [3.05, 3.63) is 35.1 Å². The Bertz CT molecular complexity index is 416. The smallest absolute Gasteiger partial charge is 0.254 e. The summed E-state index contributed by atoms with van der Waals surface area (Å²) in [6.45, 7) is 5.31. The quantitative estimate of drug-likeness (QED) is 0.844. The average molecular weight is 239 g/mol. The number of benzene rings is 1. The highest BCUT2D eigenvalue weighted by molar-refractivity contribution is 5.94. The number of halogens is 1. The summed E-state index contributed by atoms with van der Waals surface area (Å²) >= 11 is 0. The third-order valence-corrected chi connectivity index (χ3v) is 2.76. The number of carbonyl (C=O) groups is 1. The zero-order valence-electron chi connectivity index (χ0n) is 10.4. The molecule has 1 amide bonds. The summed E-state index contributed by atoms with van der Waals surface area (Å²) in [5.41, 5.74) is -0.196. The van der Waals surface area contributed by atoms with Gasteiger partial charge in [0.15, 0.2) is 0 Å². The van der Waals surface area contributed by atoms with Crippen molar-refractivity contribution >= 4 is 5.91 Å². The van der Waals surface area contributed by atoms with Crippen LogP contribution in [0.4, 0.5) is 4.39 Å². The van der Waals surface area contributed by atoms with Gasteiger partial charge in [-0.25, -0.2) is 4.39 Å². The molecule has 0 aliphatic rings. The summed E-state index contributed by atoms with van der Waals surface area (Å²) in [5.74, 6) is -1.05. The summed E-state index contributed by atoms with van der Waals surface area (Å²) in [4.78, 5) is 11.7. The monoisotopic (exact) mass is 239 g/mol. The van der Waals surface area contributed by atoms with E-state index in [-0.39, 0.29) is 12.1 Å². The predicted molar refractivity (Wildman–Crippen MR) is 64.4 cm³/mol. The Morgan fingerprint density at radius 3 is 2.71 bits per heavy atom. The van der Waals surface area contributed by atoms with Gasteiger partial charge in [0.2, 0.25) is 0 Å². The van der Waals surface area contributed by atoms with Gasteiger partial charge in [0.1, 0.15) is 5.82 Å². The zero-order chi connectivity index (χ0) is 13.1. The molecule has 0 fully saturated rings. The highest BCUT2D eigenvalue weighted by atomic mass is 19.1. The Kier molecular flexibility index (Phi) is 4.23. The predicted octanol–water partition coefficient (Wildman–Crippen LogP) is 2.02. The molecule has 1 atom stereocenters. The van der Waals surface area contributed by atoms with Crippen molar-refractivity contribution in [3.63, 3.8) is 0 Å². The van der Waals surface area contributed by atoms with Crippen molar-refractivity contribution in [1.82, 2.24) is 5.32 Å². The van der Waals surface area contributed by atoms with Crippen LogP contribution in [0.1, 0.15) is 36.2 Å². The third-order valence-electron chi connectivity index (χ3n) is 2.76. The molecule has 4 heteroatoms. The van der Waals surface area contributed by atoms with Crippen LogP contribution >= 0.6 is 0 Å². The van der Waals surface area contributed by atoms with E-state index in [0.29, 0.717) is 6.42 Å². The van der Waals surface area contributed by atoms with E-state index in [1.807, 2.05) is 6.92 Å². The van der Waals surface area contributed by atoms with Crippen LogP contribution in [0.3, 0.4) is 0 Å². The van der Waals surface area contributed by atoms with Gasteiger partial charge in [-0.2, -0.15) is 0 Å². The number of aryl methyl sites for hydroxylation is 1. The van der Waals surface area contributed by atoms with Gasteiger partial charge in [0, 0.05) is 6.54 Å². The Labute approximate surface area is 101 Å². The van der Waals surface area contributed by atoms with E-state index in [2.05, 4.69) is 5.32 Å². The topological polar surface area (TPSA) is 49.3 Å². The first-order valence-electron chi connectivity index (χ1n) is 5.62. The molecule has 0 aromatic heterocycles. The average Bonchev–Trinajstić information content (AvgIpc) is 2.26. The van der Waals surface area contributed by atoms with Crippen LogP contribution in [-0.4, -0.2) is 23.2 Å². The van der Waals surface area contributed by atoms with Crippen LogP contribution in [0, 0.1) is 12.7 Å². The van der Waals surface area contributed by atoms with Gasteiger partial charge in [-0.05, 0) is 38.0 Å². The highest BCUT2D eigenvalue weighted by Crippen LogP contribution is 2.11. The SMILES string of the molecule is CC[C@@](C)(O)CNC(=O)c1ccc(C)cc1F. The van der Waals surface area contributed by atoms with Crippen LogP contribution in [0.5, 0.6) is 0 Å². The summed E-state index contributed by atoms with van der Waals surface area (Å²) in [6, 6.07) is 4.43. The molecule has 0 aliphatic heterocycles. The van der Waals surface area contributed by atoms with Gasteiger partial charge in [0.05, 0.1) is 11.2 Å². The van der Waals surface area contributed by atoms with Crippen molar-refractivity contribution in [1.29, 1.82) is 0 Å². The lowest BCUT2D eigenvalue weighted by Crippen LogP contribution is -2.40. The van der Waals surface area contributed by atoms with Gasteiger partial charge in [-0.3, -0.25) is 4.79 Å². The molecule has 0 bridgehead atoms. The second-order valence-corrected chi connectivity index (χ2v) is 4.52. The van der Waals surface area contributed by atoms with E-state index in [9.17, 15) is 14.3 Å². The summed E-state index contributed by atoms with van der Waals surface area (Å²) in [6.07, 6.45) is 0.518. The van der Waals surface area contributed by atoms with E-state index >= 15 is 0 Å². The van der Waals surface area contributed by atoms with Gasteiger partial charge in [-0.15, -0.1) is 0 Å². The number of hydrogen-bond acceptors (Lipinski definition) is 2. The van der Waals surface area contributed by atoms with Gasteiger partial charge >= 0.3 is 0 Å². The van der Waals surface area contributed by atoms with E-state index in [4.69, 9.17) is 0 Å². The molecule has 0 spiro atoms. The molecular weight excluding hydrogens is 221 g/mol. The molecule has 1 aromatic carbocycles.